The van der Waals surface area contributed by atoms with Gasteiger partial charge in [-0.05, 0) is 36.8 Å². The third kappa shape index (κ3) is 4.49. The van der Waals surface area contributed by atoms with Gasteiger partial charge in [0.2, 0.25) is 0 Å². The number of benzene rings is 2. The SMILES string of the molecule is C[C@H](NC(=O)Nc1ccc(CN2CCOCC2)cc1)c1nc2ccccc2[nH]1. The third-order valence-electron chi connectivity index (χ3n) is 4.89. The van der Waals surface area contributed by atoms with Crippen LogP contribution in [0.5, 0.6) is 0 Å². The number of carbonyl (C=O) groups is 1. The smallest absolute Gasteiger partial charge is 0.319 e. The minimum absolute atomic E-state index is 0.229. The molecule has 7 heteroatoms. The number of ether oxygens (including phenoxy) is 1. The third-order valence-corrected chi connectivity index (χ3v) is 4.89. The van der Waals surface area contributed by atoms with Crippen molar-refractivity contribution in [2.45, 2.75) is 19.5 Å². The van der Waals surface area contributed by atoms with Crippen LogP contribution in [-0.2, 0) is 11.3 Å². The number of hydrogen-bond acceptors (Lipinski definition) is 4. The second kappa shape index (κ2) is 8.41. The van der Waals surface area contributed by atoms with Gasteiger partial charge >= 0.3 is 6.03 Å². The van der Waals surface area contributed by atoms with Crippen LogP contribution >= 0.6 is 0 Å². The molecule has 1 aromatic heterocycles. The van der Waals surface area contributed by atoms with E-state index in [1.165, 1.54) is 5.56 Å². The molecular formula is C21H25N5O2. The molecule has 2 amide bonds. The van der Waals surface area contributed by atoms with E-state index < -0.39 is 0 Å². The molecule has 3 aromatic rings. The fraction of sp³-hybridized carbons (Fsp3) is 0.333. The van der Waals surface area contributed by atoms with Gasteiger partial charge in [-0.15, -0.1) is 0 Å². The van der Waals surface area contributed by atoms with Crippen molar-refractivity contribution in [3.63, 3.8) is 0 Å². The Hall–Kier alpha value is -2.90. The molecule has 7 nitrogen and oxygen atoms in total. The zero-order valence-electron chi connectivity index (χ0n) is 15.9. The van der Waals surface area contributed by atoms with E-state index in [4.69, 9.17) is 4.74 Å². The monoisotopic (exact) mass is 379 g/mol. The lowest BCUT2D eigenvalue weighted by Crippen LogP contribution is -2.35. The minimum Gasteiger partial charge on any atom is -0.379 e. The Morgan fingerprint density at radius 2 is 1.93 bits per heavy atom. The standard InChI is InChI=1S/C21H25N5O2/c1-15(20-24-18-4-2-3-5-19(18)25-20)22-21(27)23-17-8-6-16(7-9-17)14-26-10-12-28-13-11-26/h2-9,15H,10-14H2,1H3,(H,24,25)(H2,22,23,27)/t15-/m0/s1. The van der Waals surface area contributed by atoms with E-state index >= 15 is 0 Å². The maximum atomic E-state index is 12.3. The van der Waals surface area contributed by atoms with Gasteiger partial charge in [0.25, 0.3) is 0 Å². The number of para-hydroxylation sites is 2. The maximum absolute atomic E-state index is 12.3. The highest BCUT2D eigenvalue weighted by Crippen LogP contribution is 2.16. The predicted octanol–water partition coefficient (Wildman–Crippen LogP) is 3.28. The molecule has 0 unspecified atom stereocenters. The van der Waals surface area contributed by atoms with Crippen LogP contribution in [-0.4, -0.2) is 47.2 Å². The number of morpholine rings is 1. The molecule has 1 atom stereocenters. The van der Waals surface area contributed by atoms with Crippen LogP contribution in [0, 0.1) is 0 Å². The van der Waals surface area contributed by atoms with E-state index in [1.807, 2.05) is 55.5 Å². The summed E-state index contributed by atoms with van der Waals surface area (Å²) in [5, 5.41) is 5.80. The fourth-order valence-electron chi connectivity index (χ4n) is 3.32. The first-order valence-electron chi connectivity index (χ1n) is 9.58. The number of nitrogens with one attached hydrogen (secondary N) is 3. The number of hydrogen-bond donors (Lipinski definition) is 3. The van der Waals surface area contributed by atoms with Crippen molar-refractivity contribution in [3.05, 3.63) is 59.9 Å². The molecule has 1 fully saturated rings. The average Bonchev–Trinajstić information content (AvgIpc) is 3.15. The first kappa shape index (κ1) is 18.5. The van der Waals surface area contributed by atoms with Crippen molar-refractivity contribution in [2.75, 3.05) is 31.6 Å². The molecule has 0 aliphatic carbocycles. The number of imidazole rings is 1. The van der Waals surface area contributed by atoms with E-state index in [1.54, 1.807) is 0 Å². The van der Waals surface area contributed by atoms with Crippen LogP contribution in [0.3, 0.4) is 0 Å². The molecule has 1 aliphatic heterocycles. The Balaban J connectivity index is 1.31. The minimum atomic E-state index is -0.256. The maximum Gasteiger partial charge on any atom is 0.319 e. The Bertz CT molecular complexity index is 898. The molecular weight excluding hydrogens is 354 g/mol. The molecule has 0 bridgehead atoms. The summed E-state index contributed by atoms with van der Waals surface area (Å²) in [5.74, 6) is 0.734. The largest absolute Gasteiger partial charge is 0.379 e. The Morgan fingerprint density at radius 3 is 2.68 bits per heavy atom. The number of nitrogens with zero attached hydrogens (tertiary/aromatic N) is 2. The first-order valence-corrected chi connectivity index (χ1v) is 9.58. The van der Waals surface area contributed by atoms with Crippen LogP contribution in [0.2, 0.25) is 0 Å². The zero-order chi connectivity index (χ0) is 19.3. The molecule has 2 aromatic carbocycles. The summed E-state index contributed by atoms with van der Waals surface area (Å²) in [6, 6.07) is 15.3. The first-order chi connectivity index (χ1) is 13.7. The van der Waals surface area contributed by atoms with Gasteiger partial charge in [0, 0.05) is 25.3 Å². The molecule has 4 rings (SSSR count). The van der Waals surface area contributed by atoms with Crippen molar-refractivity contribution < 1.29 is 9.53 Å². The molecule has 0 saturated carbocycles. The van der Waals surface area contributed by atoms with Crippen LogP contribution in [0.4, 0.5) is 10.5 Å². The van der Waals surface area contributed by atoms with Crippen molar-refractivity contribution in [2.24, 2.45) is 0 Å². The molecule has 146 valence electrons. The van der Waals surface area contributed by atoms with E-state index in [-0.39, 0.29) is 12.1 Å². The zero-order valence-corrected chi connectivity index (χ0v) is 15.9. The van der Waals surface area contributed by atoms with Crippen LogP contribution < -0.4 is 10.6 Å². The van der Waals surface area contributed by atoms with Gasteiger partial charge in [0.05, 0.1) is 30.3 Å². The van der Waals surface area contributed by atoms with Crippen molar-refractivity contribution in [3.8, 4) is 0 Å². The van der Waals surface area contributed by atoms with Gasteiger partial charge in [-0.25, -0.2) is 9.78 Å². The lowest BCUT2D eigenvalue weighted by Gasteiger charge is -2.26. The second-order valence-electron chi connectivity index (χ2n) is 7.04. The lowest BCUT2D eigenvalue weighted by atomic mass is 10.2. The fourth-order valence-corrected chi connectivity index (χ4v) is 3.32. The molecule has 3 N–H and O–H groups in total. The summed E-state index contributed by atoms with van der Waals surface area (Å²) in [5.41, 5.74) is 3.84. The highest BCUT2D eigenvalue weighted by atomic mass is 16.5. The summed E-state index contributed by atoms with van der Waals surface area (Å²) in [6.45, 7) is 6.32. The average molecular weight is 379 g/mol. The van der Waals surface area contributed by atoms with Gasteiger partial charge < -0.3 is 20.4 Å². The highest BCUT2D eigenvalue weighted by Gasteiger charge is 2.14. The summed E-state index contributed by atoms with van der Waals surface area (Å²) in [6.07, 6.45) is 0. The molecule has 28 heavy (non-hydrogen) atoms. The topological polar surface area (TPSA) is 82.3 Å². The molecule has 2 heterocycles. The molecule has 0 spiro atoms. The molecule has 1 aliphatic rings. The molecule has 0 radical (unpaired) electrons. The number of fused-ring (bicyclic) bond motifs is 1. The van der Waals surface area contributed by atoms with E-state index in [0.717, 1.165) is 55.4 Å². The number of rotatable bonds is 5. The van der Waals surface area contributed by atoms with Crippen LogP contribution in [0.25, 0.3) is 11.0 Å². The van der Waals surface area contributed by atoms with Gasteiger partial charge in [-0.3, -0.25) is 4.90 Å². The predicted molar refractivity (Wildman–Crippen MR) is 109 cm³/mol. The second-order valence-corrected chi connectivity index (χ2v) is 7.04. The number of urea groups is 1. The summed E-state index contributed by atoms with van der Waals surface area (Å²) < 4.78 is 5.38. The Morgan fingerprint density at radius 1 is 1.18 bits per heavy atom. The van der Waals surface area contributed by atoms with Crippen molar-refractivity contribution >= 4 is 22.8 Å². The number of aromatic nitrogens is 2. The number of aromatic amines is 1. The summed E-state index contributed by atoms with van der Waals surface area (Å²) in [7, 11) is 0. The highest BCUT2D eigenvalue weighted by molar-refractivity contribution is 5.89. The lowest BCUT2D eigenvalue weighted by molar-refractivity contribution is 0.0342. The van der Waals surface area contributed by atoms with E-state index in [2.05, 4.69) is 25.5 Å². The number of anilines is 1. The van der Waals surface area contributed by atoms with Gasteiger partial charge in [0.1, 0.15) is 5.82 Å². The Kier molecular flexibility index (Phi) is 5.55. The van der Waals surface area contributed by atoms with E-state index in [0.29, 0.717) is 0 Å². The number of carbonyl (C=O) groups excluding carboxylic acids is 1. The number of amides is 2. The Labute approximate surface area is 164 Å². The van der Waals surface area contributed by atoms with Crippen LogP contribution in [0.1, 0.15) is 24.4 Å². The van der Waals surface area contributed by atoms with Crippen molar-refractivity contribution in [1.82, 2.24) is 20.2 Å². The normalized spacial score (nSPS) is 16.0. The quantitative estimate of drug-likeness (QED) is 0.635. The number of H-pyrrole nitrogens is 1. The summed E-state index contributed by atoms with van der Waals surface area (Å²) >= 11 is 0. The van der Waals surface area contributed by atoms with Crippen LogP contribution in [0.15, 0.2) is 48.5 Å². The molecule has 1 saturated heterocycles. The van der Waals surface area contributed by atoms with Gasteiger partial charge in [0.15, 0.2) is 0 Å². The van der Waals surface area contributed by atoms with E-state index in [9.17, 15) is 4.79 Å². The van der Waals surface area contributed by atoms with Gasteiger partial charge in [-0.1, -0.05) is 24.3 Å². The van der Waals surface area contributed by atoms with Gasteiger partial charge in [-0.2, -0.15) is 0 Å². The van der Waals surface area contributed by atoms with Crippen molar-refractivity contribution in [1.29, 1.82) is 0 Å². The summed E-state index contributed by atoms with van der Waals surface area (Å²) in [4.78, 5) is 22.5.